The van der Waals surface area contributed by atoms with Crippen LogP contribution in [0.4, 0.5) is 0 Å². The van der Waals surface area contributed by atoms with Gasteiger partial charge in [-0.2, -0.15) is 4.98 Å². The van der Waals surface area contributed by atoms with Crippen LogP contribution in [0.1, 0.15) is 30.1 Å². The molecule has 0 radical (unpaired) electrons. The monoisotopic (exact) mass is 411 g/mol. The van der Waals surface area contributed by atoms with Gasteiger partial charge in [0.25, 0.3) is 5.91 Å². The summed E-state index contributed by atoms with van der Waals surface area (Å²) in [5, 5.41) is 4.04. The lowest BCUT2D eigenvalue weighted by Crippen LogP contribution is -2.36. The Morgan fingerprint density at radius 3 is 2.37 bits per heavy atom. The molecular formula is C22H25N3O5. The lowest BCUT2D eigenvalue weighted by molar-refractivity contribution is 0.0663. The van der Waals surface area contributed by atoms with Crippen LogP contribution in [0.5, 0.6) is 17.2 Å². The van der Waals surface area contributed by atoms with Crippen LogP contribution < -0.4 is 14.2 Å². The van der Waals surface area contributed by atoms with Crippen molar-refractivity contribution < 1.29 is 23.5 Å². The van der Waals surface area contributed by atoms with Gasteiger partial charge in [0.1, 0.15) is 12.3 Å². The third-order valence-electron chi connectivity index (χ3n) is 4.64. The number of methoxy groups -OCH3 is 3. The predicted molar refractivity (Wildman–Crippen MR) is 111 cm³/mol. The second kappa shape index (κ2) is 9.30. The maximum atomic E-state index is 13.3. The average molecular weight is 411 g/mol. The highest BCUT2D eigenvalue weighted by atomic mass is 16.5. The summed E-state index contributed by atoms with van der Waals surface area (Å²) in [6.07, 6.45) is 0. The first kappa shape index (κ1) is 21.2. The quantitative estimate of drug-likeness (QED) is 0.557. The van der Waals surface area contributed by atoms with Crippen LogP contribution in [-0.2, 0) is 6.54 Å². The zero-order valence-electron chi connectivity index (χ0n) is 17.7. The first-order valence-electron chi connectivity index (χ1n) is 9.47. The van der Waals surface area contributed by atoms with Crippen LogP contribution in [0.3, 0.4) is 0 Å². The highest BCUT2D eigenvalue weighted by Gasteiger charge is 2.26. The topological polar surface area (TPSA) is 86.9 Å². The Bertz CT molecular complexity index is 998. The van der Waals surface area contributed by atoms with E-state index < -0.39 is 0 Å². The zero-order valence-corrected chi connectivity index (χ0v) is 17.7. The molecule has 0 saturated heterocycles. The van der Waals surface area contributed by atoms with Gasteiger partial charge < -0.3 is 23.6 Å². The number of hydrogen-bond acceptors (Lipinski definition) is 7. The molecular weight excluding hydrogens is 386 g/mol. The fourth-order valence-electron chi connectivity index (χ4n) is 3.02. The zero-order chi connectivity index (χ0) is 21.7. The molecule has 30 heavy (non-hydrogen) atoms. The number of para-hydroxylation sites is 1. The second-order valence-electron chi connectivity index (χ2n) is 6.81. The highest BCUT2D eigenvalue weighted by molar-refractivity contribution is 5.98. The van der Waals surface area contributed by atoms with Crippen molar-refractivity contribution in [3.8, 4) is 28.6 Å². The van der Waals surface area contributed by atoms with Gasteiger partial charge in [0, 0.05) is 11.6 Å². The largest absolute Gasteiger partial charge is 0.497 e. The van der Waals surface area contributed by atoms with E-state index in [0.29, 0.717) is 28.8 Å². The number of ether oxygens (including phenoxy) is 3. The maximum Gasteiger partial charge on any atom is 0.258 e. The van der Waals surface area contributed by atoms with Crippen molar-refractivity contribution in [1.29, 1.82) is 0 Å². The van der Waals surface area contributed by atoms with Crippen LogP contribution >= 0.6 is 0 Å². The average Bonchev–Trinajstić information content (AvgIpc) is 3.25. The van der Waals surface area contributed by atoms with Gasteiger partial charge in [-0.3, -0.25) is 4.79 Å². The van der Waals surface area contributed by atoms with Gasteiger partial charge in [0.15, 0.2) is 11.5 Å². The second-order valence-corrected chi connectivity index (χ2v) is 6.81. The molecule has 3 aromatic rings. The minimum absolute atomic E-state index is 0.107. The lowest BCUT2D eigenvalue weighted by atomic mass is 10.1. The molecule has 0 bridgehead atoms. The van der Waals surface area contributed by atoms with E-state index in [1.54, 1.807) is 30.2 Å². The molecule has 0 spiro atoms. The Labute approximate surface area is 175 Å². The van der Waals surface area contributed by atoms with Crippen molar-refractivity contribution in [1.82, 2.24) is 15.0 Å². The number of nitrogens with zero attached hydrogens (tertiary/aromatic N) is 3. The Morgan fingerprint density at radius 2 is 1.77 bits per heavy atom. The number of carbonyl (C=O) groups excluding carboxylic acids is 1. The van der Waals surface area contributed by atoms with Gasteiger partial charge in [0.05, 0.1) is 26.9 Å². The Kier molecular flexibility index (Phi) is 6.56. The van der Waals surface area contributed by atoms with E-state index in [1.165, 1.54) is 14.2 Å². The summed E-state index contributed by atoms with van der Waals surface area (Å²) in [4.78, 5) is 19.4. The van der Waals surface area contributed by atoms with Crippen molar-refractivity contribution >= 4 is 5.91 Å². The van der Waals surface area contributed by atoms with Gasteiger partial charge in [-0.25, -0.2) is 0 Å². The van der Waals surface area contributed by atoms with Crippen LogP contribution in [0.15, 0.2) is 47.0 Å². The van der Waals surface area contributed by atoms with Gasteiger partial charge in [0.2, 0.25) is 11.7 Å². The number of hydrogen-bond donors (Lipinski definition) is 0. The molecule has 8 nitrogen and oxygen atoms in total. The molecule has 0 aliphatic heterocycles. The fraction of sp³-hybridized carbons (Fsp3) is 0.318. The number of rotatable bonds is 8. The number of amides is 1. The standard InChI is InChI=1S/C22H25N3O5/c1-14(2)25(22(26)17-7-6-8-18(28-4)20(17)29-5)13-19-23-21(24-30-19)15-9-11-16(27-3)12-10-15/h6-12,14H,13H2,1-5H3. The Hall–Kier alpha value is -3.55. The highest BCUT2D eigenvalue weighted by Crippen LogP contribution is 2.32. The predicted octanol–water partition coefficient (Wildman–Crippen LogP) is 3.81. The van der Waals surface area contributed by atoms with Crippen molar-refractivity contribution in [3.05, 3.63) is 53.9 Å². The molecule has 158 valence electrons. The summed E-state index contributed by atoms with van der Waals surface area (Å²) in [6, 6.07) is 12.4. The Morgan fingerprint density at radius 1 is 1.03 bits per heavy atom. The molecule has 0 unspecified atom stereocenters. The van der Waals surface area contributed by atoms with Crippen molar-refractivity contribution in [2.24, 2.45) is 0 Å². The molecule has 0 saturated carbocycles. The summed E-state index contributed by atoms with van der Waals surface area (Å²) in [5.41, 5.74) is 1.20. The summed E-state index contributed by atoms with van der Waals surface area (Å²) >= 11 is 0. The summed E-state index contributed by atoms with van der Waals surface area (Å²) < 4.78 is 21.3. The van der Waals surface area contributed by atoms with E-state index in [4.69, 9.17) is 18.7 Å². The Balaban J connectivity index is 1.85. The number of benzene rings is 2. The molecule has 0 fully saturated rings. The molecule has 0 aliphatic carbocycles. The van der Waals surface area contributed by atoms with E-state index in [-0.39, 0.29) is 18.5 Å². The van der Waals surface area contributed by atoms with Crippen LogP contribution in [-0.4, -0.2) is 48.3 Å². The van der Waals surface area contributed by atoms with Crippen LogP contribution in [0.25, 0.3) is 11.4 Å². The maximum absolute atomic E-state index is 13.3. The molecule has 2 aromatic carbocycles. The summed E-state index contributed by atoms with van der Waals surface area (Å²) in [6.45, 7) is 4.01. The molecule has 1 amide bonds. The smallest absolute Gasteiger partial charge is 0.258 e. The van der Waals surface area contributed by atoms with E-state index in [0.717, 1.165) is 11.3 Å². The number of aromatic nitrogens is 2. The van der Waals surface area contributed by atoms with Crippen molar-refractivity contribution in [2.45, 2.75) is 26.4 Å². The minimum Gasteiger partial charge on any atom is -0.497 e. The molecule has 8 heteroatoms. The summed E-state index contributed by atoms with van der Waals surface area (Å²) in [5.74, 6) is 2.19. The van der Waals surface area contributed by atoms with E-state index in [1.807, 2.05) is 38.1 Å². The summed E-state index contributed by atoms with van der Waals surface area (Å²) in [7, 11) is 4.65. The van der Waals surface area contributed by atoms with Crippen molar-refractivity contribution in [3.63, 3.8) is 0 Å². The van der Waals surface area contributed by atoms with Gasteiger partial charge >= 0.3 is 0 Å². The van der Waals surface area contributed by atoms with Gasteiger partial charge in [-0.15, -0.1) is 0 Å². The first-order chi connectivity index (χ1) is 14.5. The van der Waals surface area contributed by atoms with Gasteiger partial charge in [-0.05, 0) is 50.2 Å². The molecule has 0 atom stereocenters. The van der Waals surface area contributed by atoms with E-state index in [9.17, 15) is 4.79 Å². The van der Waals surface area contributed by atoms with Gasteiger partial charge in [-0.1, -0.05) is 11.2 Å². The van der Waals surface area contributed by atoms with E-state index in [2.05, 4.69) is 10.1 Å². The normalized spacial score (nSPS) is 10.7. The molecule has 0 N–H and O–H groups in total. The number of carbonyl (C=O) groups is 1. The van der Waals surface area contributed by atoms with E-state index >= 15 is 0 Å². The first-order valence-corrected chi connectivity index (χ1v) is 9.47. The third-order valence-corrected chi connectivity index (χ3v) is 4.64. The fourth-order valence-corrected chi connectivity index (χ4v) is 3.02. The molecule has 3 rings (SSSR count). The molecule has 1 heterocycles. The third kappa shape index (κ3) is 4.37. The lowest BCUT2D eigenvalue weighted by Gasteiger charge is -2.26. The van der Waals surface area contributed by atoms with Crippen LogP contribution in [0.2, 0.25) is 0 Å². The van der Waals surface area contributed by atoms with Crippen molar-refractivity contribution in [2.75, 3.05) is 21.3 Å². The molecule has 0 aliphatic rings. The molecule has 1 aromatic heterocycles. The SMILES string of the molecule is COc1ccc(-c2noc(CN(C(=O)c3cccc(OC)c3OC)C(C)C)n2)cc1. The minimum atomic E-state index is -0.218. The van der Waals surface area contributed by atoms with Crippen LogP contribution in [0, 0.1) is 0 Å².